The Hall–Kier alpha value is -3.65. The first-order valence-electron chi connectivity index (χ1n) is 11.0. The SMILES string of the molecule is CC(C)CC(=O)NC(C(=O)Nc1cccc(S(=O)(=O)N(C)c2ccccc2)c1)c1ccccc1. The van der Waals surface area contributed by atoms with E-state index in [2.05, 4.69) is 10.6 Å². The third-order valence-electron chi connectivity index (χ3n) is 5.17. The summed E-state index contributed by atoms with van der Waals surface area (Å²) in [5.74, 6) is -0.558. The summed E-state index contributed by atoms with van der Waals surface area (Å²) in [7, 11) is -2.37. The fraction of sp³-hybridized carbons (Fsp3) is 0.231. The van der Waals surface area contributed by atoms with Gasteiger partial charge in [-0.15, -0.1) is 0 Å². The van der Waals surface area contributed by atoms with Crippen LogP contribution in [0.1, 0.15) is 31.9 Å². The summed E-state index contributed by atoms with van der Waals surface area (Å²) in [4.78, 5) is 25.6. The molecule has 178 valence electrons. The van der Waals surface area contributed by atoms with Gasteiger partial charge >= 0.3 is 0 Å². The van der Waals surface area contributed by atoms with E-state index in [0.717, 1.165) is 0 Å². The lowest BCUT2D eigenvalue weighted by Crippen LogP contribution is -2.37. The summed E-state index contributed by atoms with van der Waals surface area (Å²) in [5.41, 5.74) is 1.46. The maximum absolute atomic E-state index is 13.2. The van der Waals surface area contributed by atoms with Crippen molar-refractivity contribution >= 4 is 33.2 Å². The zero-order chi connectivity index (χ0) is 24.7. The highest BCUT2D eigenvalue weighted by molar-refractivity contribution is 7.92. The molecule has 0 fully saturated rings. The van der Waals surface area contributed by atoms with Crippen molar-refractivity contribution in [2.75, 3.05) is 16.7 Å². The Morgan fingerprint density at radius 3 is 2.12 bits per heavy atom. The molecule has 1 unspecified atom stereocenters. The number of benzene rings is 3. The maximum atomic E-state index is 13.2. The summed E-state index contributed by atoms with van der Waals surface area (Å²) < 4.78 is 27.4. The van der Waals surface area contributed by atoms with E-state index in [4.69, 9.17) is 0 Å². The summed E-state index contributed by atoms with van der Waals surface area (Å²) in [6.07, 6.45) is 0.288. The van der Waals surface area contributed by atoms with Crippen LogP contribution in [0.2, 0.25) is 0 Å². The summed E-state index contributed by atoms with van der Waals surface area (Å²) in [5, 5.41) is 5.55. The molecule has 0 aromatic heterocycles. The number of sulfonamides is 1. The first kappa shape index (κ1) is 25.0. The van der Waals surface area contributed by atoms with Gasteiger partial charge in [-0.1, -0.05) is 68.4 Å². The molecule has 0 bridgehead atoms. The van der Waals surface area contributed by atoms with Crippen LogP contribution in [0.5, 0.6) is 0 Å². The average molecular weight is 480 g/mol. The zero-order valence-corrected chi connectivity index (χ0v) is 20.2. The van der Waals surface area contributed by atoms with Crippen LogP contribution in [0.25, 0.3) is 0 Å². The number of carbonyl (C=O) groups excluding carboxylic acids is 2. The Morgan fingerprint density at radius 2 is 1.50 bits per heavy atom. The third-order valence-corrected chi connectivity index (χ3v) is 6.96. The highest BCUT2D eigenvalue weighted by Gasteiger charge is 2.25. The van der Waals surface area contributed by atoms with E-state index < -0.39 is 22.0 Å². The van der Waals surface area contributed by atoms with Crippen molar-refractivity contribution in [3.05, 3.63) is 90.5 Å². The number of hydrogen-bond donors (Lipinski definition) is 2. The van der Waals surface area contributed by atoms with Crippen LogP contribution in [0.15, 0.2) is 89.8 Å². The van der Waals surface area contributed by atoms with Crippen LogP contribution in [-0.2, 0) is 19.6 Å². The second kappa shape index (κ2) is 11.0. The van der Waals surface area contributed by atoms with Crippen molar-refractivity contribution in [3.63, 3.8) is 0 Å². The molecule has 0 saturated heterocycles. The van der Waals surface area contributed by atoms with Gasteiger partial charge in [-0.05, 0) is 41.8 Å². The van der Waals surface area contributed by atoms with Crippen molar-refractivity contribution in [2.45, 2.75) is 31.2 Å². The van der Waals surface area contributed by atoms with Crippen molar-refractivity contribution in [1.82, 2.24) is 5.32 Å². The molecule has 0 radical (unpaired) electrons. The second-order valence-corrected chi connectivity index (χ2v) is 10.3. The molecular formula is C26H29N3O4S. The van der Waals surface area contributed by atoms with E-state index >= 15 is 0 Å². The van der Waals surface area contributed by atoms with Crippen molar-refractivity contribution in [3.8, 4) is 0 Å². The van der Waals surface area contributed by atoms with Gasteiger partial charge in [-0.25, -0.2) is 8.42 Å². The van der Waals surface area contributed by atoms with Crippen LogP contribution in [-0.4, -0.2) is 27.3 Å². The Morgan fingerprint density at radius 1 is 0.882 bits per heavy atom. The molecule has 8 heteroatoms. The standard InChI is InChI=1S/C26H29N3O4S/c1-19(2)17-24(30)28-25(20-11-6-4-7-12-20)26(31)27-21-13-10-16-23(18-21)34(32,33)29(3)22-14-8-5-9-15-22/h4-16,18-19,25H,17H2,1-3H3,(H,27,31)(H,28,30). The van der Waals surface area contributed by atoms with Crippen LogP contribution < -0.4 is 14.9 Å². The van der Waals surface area contributed by atoms with E-state index in [0.29, 0.717) is 16.9 Å². The van der Waals surface area contributed by atoms with Crippen LogP contribution in [0.4, 0.5) is 11.4 Å². The van der Waals surface area contributed by atoms with Gasteiger partial charge in [0.05, 0.1) is 10.6 Å². The molecule has 34 heavy (non-hydrogen) atoms. The quantitative estimate of drug-likeness (QED) is 0.477. The molecule has 3 rings (SSSR count). The first-order valence-corrected chi connectivity index (χ1v) is 12.4. The molecule has 0 aliphatic heterocycles. The summed E-state index contributed by atoms with van der Waals surface area (Å²) >= 11 is 0. The monoisotopic (exact) mass is 479 g/mol. The Bertz CT molecular complexity index is 1230. The minimum atomic E-state index is -3.84. The number of nitrogens with zero attached hydrogens (tertiary/aromatic N) is 1. The van der Waals surface area contributed by atoms with E-state index in [1.807, 2.05) is 26.0 Å². The predicted octanol–water partition coefficient (Wildman–Crippen LogP) is 4.35. The smallest absolute Gasteiger partial charge is 0.264 e. The minimum absolute atomic E-state index is 0.0387. The molecule has 0 saturated carbocycles. The van der Waals surface area contributed by atoms with Crippen molar-refractivity contribution in [2.24, 2.45) is 5.92 Å². The predicted molar refractivity (Wildman–Crippen MR) is 134 cm³/mol. The van der Waals surface area contributed by atoms with Crippen LogP contribution in [0.3, 0.4) is 0 Å². The molecule has 1 atom stereocenters. The fourth-order valence-corrected chi connectivity index (χ4v) is 4.66. The van der Waals surface area contributed by atoms with Crippen LogP contribution >= 0.6 is 0 Å². The molecule has 2 N–H and O–H groups in total. The Kier molecular flexibility index (Phi) is 8.07. The van der Waals surface area contributed by atoms with E-state index in [1.54, 1.807) is 60.7 Å². The number of rotatable bonds is 9. The number of para-hydroxylation sites is 1. The second-order valence-electron chi connectivity index (χ2n) is 8.33. The summed E-state index contributed by atoms with van der Waals surface area (Å²) in [6, 6.07) is 22.8. The topological polar surface area (TPSA) is 95.6 Å². The number of hydrogen-bond acceptors (Lipinski definition) is 4. The lowest BCUT2D eigenvalue weighted by molar-refractivity contribution is -0.127. The third kappa shape index (κ3) is 6.23. The van der Waals surface area contributed by atoms with Gasteiger partial charge in [-0.3, -0.25) is 13.9 Å². The molecule has 3 aromatic rings. The first-order chi connectivity index (χ1) is 16.2. The number of nitrogens with one attached hydrogen (secondary N) is 2. The van der Waals surface area contributed by atoms with E-state index in [9.17, 15) is 18.0 Å². The molecule has 0 heterocycles. The normalized spacial score (nSPS) is 12.1. The Labute approximate surface area is 200 Å². The molecule has 0 spiro atoms. The van der Waals surface area contributed by atoms with Gasteiger partial charge in [0.1, 0.15) is 6.04 Å². The maximum Gasteiger partial charge on any atom is 0.264 e. The van der Waals surface area contributed by atoms with E-state index in [1.165, 1.54) is 23.5 Å². The number of carbonyl (C=O) groups is 2. The minimum Gasteiger partial charge on any atom is -0.341 e. The van der Waals surface area contributed by atoms with Crippen molar-refractivity contribution in [1.29, 1.82) is 0 Å². The highest BCUT2D eigenvalue weighted by atomic mass is 32.2. The highest BCUT2D eigenvalue weighted by Crippen LogP contribution is 2.24. The number of anilines is 2. The van der Waals surface area contributed by atoms with Gasteiger partial charge in [0, 0.05) is 19.2 Å². The number of amides is 2. The molecule has 7 nitrogen and oxygen atoms in total. The molecule has 0 aliphatic carbocycles. The van der Waals surface area contributed by atoms with Gasteiger partial charge < -0.3 is 10.6 Å². The Balaban J connectivity index is 1.84. The molecule has 0 aliphatic rings. The van der Waals surface area contributed by atoms with Gasteiger partial charge in [0.15, 0.2) is 0 Å². The van der Waals surface area contributed by atoms with Gasteiger partial charge in [-0.2, -0.15) is 0 Å². The lowest BCUT2D eigenvalue weighted by atomic mass is 10.0. The largest absolute Gasteiger partial charge is 0.341 e. The van der Waals surface area contributed by atoms with Gasteiger partial charge in [0.25, 0.3) is 15.9 Å². The molecule has 3 aromatic carbocycles. The summed E-state index contributed by atoms with van der Waals surface area (Å²) in [6.45, 7) is 3.85. The lowest BCUT2D eigenvalue weighted by Gasteiger charge is -2.21. The fourth-order valence-electron chi connectivity index (χ4n) is 3.42. The zero-order valence-electron chi connectivity index (χ0n) is 19.4. The average Bonchev–Trinajstić information content (AvgIpc) is 2.82. The van der Waals surface area contributed by atoms with E-state index in [-0.39, 0.29) is 23.1 Å². The molecule has 2 amide bonds. The van der Waals surface area contributed by atoms with Crippen LogP contribution in [0, 0.1) is 5.92 Å². The van der Waals surface area contributed by atoms with Crippen molar-refractivity contribution < 1.29 is 18.0 Å². The molecular weight excluding hydrogens is 450 g/mol. The van der Waals surface area contributed by atoms with Gasteiger partial charge in [0.2, 0.25) is 5.91 Å².